The van der Waals surface area contributed by atoms with Crippen LogP contribution in [0.3, 0.4) is 0 Å². The molecule has 104 valence electrons. The molecule has 2 rings (SSSR count). The Morgan fingerprint density at radius 3 is 2.80 bits per heavy atom. The van der Waals surface area contributed by atoms with Crippen molar-refractivity contribution in [1.29, 1.82) is 0 Å². The smallest absolute Gasteiger partial charge is 0.345 e. The highest BCUT2D eigenvalue weighted by Gasteiger charge is 2.12. The van der Waals surface area contributed by atoms with Crippen LogP contribution in [0.25, 0.3) is 0 Å². The highest BCUT2D eigenvalue weighted by Crippen LogP contribution is 2.24. The number of non-ortho nitro benzene ring substituents is 1. The van der Waals surface area contributed by atoms with Gasteiger partial charge in [0, 0.05) is 16.5 Å². The monoisotopic (exact) mass is 293 g/mol. The van der Waals surface area contributed by atoms with Crippen molar-refractivity contribution in [3.8, 4) is 5.75 Å². The van der Waals surface area contributed by atoms with Crippen LogP contribution in [0.2, 0.25) is 0 Å². The van der Waals surface area contributed by atoms with Gasteiger partial charge in [-0.2, -0.15) is 0 Å². The quantitative estimate of drug-likeness (QED) is 0.675. The van der Waals surface area contributed by atoms with Gasteiger partial charge in [-0.15, -0.1) is 11.3 Å². The maximum atomic E-state index is 10.9. The molecule has 2 aromatic rings. The van der Waals surface area contributed by atoms with E-state index >= 15 is 0 Å². The van der Waals surface area contributed by atoms with Crippen molar-refractivity contribution in [2.24, 2.45) is 0 Å². The molecule has 0 spiro atoms. The molecule has 1 aromatic carbocycles. The van der Waals surface area contributed by atoms with E-state index in [1.807, 2.05) is 6.92 Å². The van der Waals surface area contributed by atoms with Crippen molar-refractivity contribution in [2.75, 3.05) is 0 Å². The average Bonchev–Trinajstić information content (AvgIpc) is 2.78. The lowest BCUT2D eigenvalue weighted by Crippen LogP contribution is -1.97. The first-order chi connectivity index (χ1) is 9.47. The lowest BCUT2D eigenvalue weighted by atomic mass is 10.2. The molecule has 0 fully saturated rings. The third kappa shape index (κ3) is 3.12. The molecule has 0 amide bonds. The number of thiophene rings is 1. The van der Waals surface area contributed by atoms with Gasteiger partial charge in [0.25, 0.3) is 5.69 Å². The van der Waals surface area contributed by atoms with E-state index in [-0.39, 0.29) is 17.2 Å². The Balaban J connectivity index is 2.10. The highest BCUT2D eigenvalue weighted by atomic mass is 32.1. The lowest BCUT2D eigenvalue weighted by molar-refractivity contribution is -0.384. The summed E-state index contributed by atoms with van der Waals surface area (Å²) >= 11 is 1.18. The topological polar surface area (TPSA) is 89.7 Å². The first-order valence-corrected chi connectivity index (χ1v) is 6.49. The molecule has 0 aliphatic heterocycles. The molecule has 0 unspecified atom stereocenters. The number of rotatable bonds is 5. The predicted molar refractivity (Wildman–Crippen MR) is 73.4 cm³/mol. The molecular formula is C13H11NO5S. The Hall–Kier alpha value is -2.41. The van der Waals surface area contributed by atoms with Gasteiger partial charge in [0.15, 0.2) is 0 Å². The van der Waals surface area contributed by atoms with Crippen molar-refractivity contribution in [1.82, 2.24) is 0 Å². The maximum Gasteiger partial charge on any atom is 0.345 e. The van der Waals surface area contributed by atoms with E-state index in [2.05, 4.69) is 0 Å². The molecule has 1 aromatic heterocycles. The summed E-state index contributed by atoms with van der Waals surface area (Å²) in [4.78, 5) is 22.1. The van der Waals surface area contributed by atoms with Gasteiger partial charge in [-0.3, -0.25) is 10.1 Å². The third-order valence-corrected chi connectivity index (χ3v) is 3.73. The fourth-order valence-electron chi connectivity index (χ4n) is 1.62. The van der Waals surface area contributed by atoms with Gasteiger partial charge in [-0.1, -0.05) is 6.07 Å². The van der Waals surface area contributed by atoms with E-state index < -0.39 is 10.9 Å². The Kier molecular flexibility index (Phi) is 3.99. The molecule has 0 atom stereocenters. The molecule has 1 N–H and O–H groups in total. The number of nitro groups is 1. The van der Waals surface area contributed by atoms with Gasteiger partial charge in [-0.05, 0) is 19.1 Å². The number of ether oxygens (including phenoxy) is 1. The summed E-state index contributed by atoms with van der Waals surface area (Å²) in [5.41, 5.74) is 0.717. The standard InChI is InChI=1S/C13H11NO5S/c1-8-9(5-12(20-8)13(15)16)7-19-11-4-2-3-10(6-11)14(17)18/h2-6H,7H2,1H3,(H,15,16). The van der Waals surface area contributed by atoms with Crippen LogP contribution in [-0.2, 0) is 6.61 Å². The van der Waals surface area contributed by atoms with Gasteiger partial charge in [-0.25, -0.2) is 4.79 Å². The number of carboxylic acid groups (broad SMARTS) is 1. The van der Waals surface area contributed by atoms with Crippen LogP contribution in [0.4, 0.5) is 5.69 Å². The minimum Gasteiger partial charge on any atom is -0.489 e. The molecular weight excluding hydrogens is 282 g/mol. The van der Waals surface area contributed by atoms with Crippen molar-refractivity contribution < 1.29 is 19.6 Å². The first kappa shape index (κ1) is 14.0. The molecule has 0 saturated carbocycles. The number of nitro benzene ring substituents is 1. The molecule has 7 heteroatoms. The summed E-state index contributed by atoms with van der Waals surface area (Å²) in [7, 11) is 0. The first-order valence-electron chi connectivity index (χ1n) is 5.67. The van der Waals surface area contributed by atoms with Crippen molar-refractivity contribution in [3.63, 3.8) is 0 Å². The van der Waals surface area contributed by atoms with Crippen LogP contribution in [0.15, 0.2) is 30.3 Å². The summed E-state index contributed by atoms with van der Waals surface area (Å²) in [6.07, 6.45) is 0. The maximum absolute atomic E-state index is 10.9. The lowest BCUT2D eigenvalue weighted by Gasteiger charge is -2.05. The predicted octanol–water partition coefficient (Wildman–Crippen LogP) is 3.24. The SMILES string of the molecule is Cc1sc(C(=O)O)cc1COc1cccc([N+](=O)[O-])c1. The van der Waals surface area contributed by atoms with Gasteiger partial charge < -0.3 is 9.84 Å². The Labute approximate surface area is 118 Å². The second-order valence-corrected chi connectivity index (χ2v) is 5.30. The van der Waals surface area contributed by atoms with Crippen molar-refractivity contribution in [3.05, 3.63) is 55.8 Å². The largest absolute Gasteiger partial charge is 0.489 e. The molecule has 0 radical (unpaired) electrons. The number of benzene rings is 1. The fraction of sp³-hybridized carbons (Fsp3) is 0.154. The summed E-state index contributed by atoms with van der Waals surface area (Å²) in [5.74, 6) is -0.596. The van der Waals surface area contributed by atoms with E-state index in [1.54, 1.807) is 12.1 Å². The Morgan fingerprint density at radius 2 is 2.20 bits per heavy atom. The van der Waals surface area contributed by atoms with Gasteiger partial charge in [0.2, 0.25) is 0 Å². The fourth-order valence-corrected chi connectivity index (χ4v) is 2.48. The van der Waals surface area contributed by atoms with Crippen LogP contribution in [-0.4, -0.2) is 16.0 Å². The molecule has 0 aliphatic rings. The van der Waals surface area contributed by atoms with Crippen LogP contribution < -0.4 is 4.74 Å². The number of aryl methyl sites for hydroxylation is 1. The minimum atomic E-state index is -0.973. The van der Waals surface area contributed by atoms with E-state index in [0.29, 0.717) is 5.75 Å². The zero-order chi connectivity index (χ0) is 14.7. The average molecular weight is 293 g/mol. The van der Waals surface area contributed by atoms with E-state index in [4.69, 9.17) is 9.84 Å². The van der Waals surface area contributed by atoms with Crippen molar-refractivity contribution in [2.45, 2.75) is 13.5 Å². The second-order valence-electron chi connectivity index (χ2n) is 4.04. The van der Waals surface area contributed by atoms with Gasteiger partial charge >= 0.3 is 5.97 Å². The summed E-state index contributed by atoms with van der Waals surface area (Å²) in [5, 5.41) is 19.5. The summed E-state index contributed by atoms with van der Waals surface area (Å²) < 4.78 is 5.47. The van der Waals surface area contributed by atoms with E-state index in [1.165, 1.54) is 29.5 Å². The Morgan fingerprint density at radius 1 is 1.45 bits per heavy atom. The van der Waals surface area contributed by atoms with Crippen LogP contribution in [0.1, 0.15) is 20.1 Å². The number of carbonyl (C=O) groups is 1. The summed E-state index contributed by atoms with van der Waals surface area (Å²) in [6, 6.07) is 7.42. The van der Waals surface area contributed by atoms with Crippen LogP contribution in [0.5, 0.6) is 5.75 Å². The number of aromatic carboxylic acids is 1. The van der Waals surface area contributed by atoms with E-state index in [9.17, 15) is 14.9 Å². The number of hydrogen-bond acceptors (Lipinski definition) is 5. The third-order valence-electron chi connectivity index (χ3n) is 2.65. The Bertz CT molecular complexity index is 665. The number of carboxylic acids is 1. The highest BCUT2D eigenvalue weighted by molar-refractivity contribution is 7.14. The minimum absolute atomic E-state index is 0.0456. The zero-order valence-electron chi connectivity index (χ0n) is 10.5. The van der Waals surface area contributed by atoms with Gasteiger partial charge in [0.05, 0.1) is 11.0 Å². The zero-order valence-corrected chi connectivity index (χ0v) is 11.3. The molecule has 0 bridgehead atoms. The molecule has 0 saturated heterocycles. The molecule has 20 heavy (non-hydrogen) atoms. The van der Waals surface area contributed by atoms with E-state index in [0.717, 1.165) is 10.4 Å². The van der Waals surface area contributed by atoms with Crippen molar-refractivity contribution >= 4 is 23.0 Å². The number of hydrogen-bond donors (Lipinski definition) is 1. The number of nitrogens with zero attached hydrogens (tertiary/aromatic N) is 1. The summed E-state index contributed by atoms with van der Waals surface area (Å²) in [6.45, 7) is 1.99. The normalized spacial score (nSPS) is 10.2. The molecule has 6 nitrogen and oxygen atoms in total. The van der Waals surface area contributed by atoms with Crippen LogP contribution >= 0.6 is 11.3 Å². The van der Waals surface area contributed by atoms with Crippen LogP contribution in [0, 0.1) is 17.0 Å². The molecule has 0 aliphatic carbocycles. The second kappa shape index (κ2) is 5.70. The molecule has 1 heterocycles. The van der Waals surface area contributed by atoms with Gasteiger partial charge in [0.1, 0.15) is 17.2 Å².